The largest absolute Gasteiger partial charge is 0.506 e. The first kappa shape index (κ1) is 12.1. The molecule has 0 bridgehead atoms. The Kier molecular flexibility index (Phi) is 4.71. The second-order valence-electron chi connectivity index (χ2n) is 3.09. The SMILES string of the molecule is CC[C@H](O)CN=Cc1nc(Br)ccc1O. The summed E-state index contributed by atoms with van der Waals surface area (Å²) >= 11 is 3.20. The van der Waals surface area contributed by atoms with E-state index in [4.69, 9.17) is 0 Å². The standard InChI is InChI=1S/C10H13BrN2O2/c1-2-7(14)5-12-6-8-9(15)3-4-10(11)13-8/h3-4,6-7,14-15H,2,5H2,1H3/t7-/m0/s1. The average Bonchev–Trinajstić information content (AvgIpc) is 2.23. The van der Waals surface area contributed by atoms with Crippen molar-refractivity contribution in [3.8, 4) is 5.75 Å². The molecule has 0 amide bonds. The van der Waals surface area contributed by atoms with Crippen molar-refractivity contribution in [2.24, 2.45) is 4.99 Å². The lowest BCUT2D eigenvalue weighted by atomic mass is 10.3. The van der Waals surface area contributed by atoms with Crippen LogP contribution in [0.3, 0.4) is 0 Å². The Labute approximate surface area is 96.8 Å². The first-order chi connectivity index (χ1) is 7.13. The Morgan fingerprint density at radius 1 is 1.60 bits per heavy atom. The third-order valence-corrected chi connectivity index (χ3v) is 2.31. The molecule has 4 nitrogen and oxygen atoms in total. The van der Waals surface area contributed by atoms with Gasteiger partial charge in [0.25, 0.3) is 0 Å². The molecule has 0 radical (unpaired) electrons. The Morgan fingerprint density at radius 2 is 2.33 bits per heavy atom. The van der Waals surface area contributed by atoms with Crippen molar-refractivity contribution in [1.82, 2.24) is 4.98 Å². The van der Waals surface area contributed by atoms with Gasteiger partial charge in [-0.15, -0.1) is 0 Å². The number of hydrogen-bond acceptors (Lipinski definition) is 4. The molecule has 1 rings (SSSR count). The number of pyridine rings is 1. The fourth-order valence-corrected chi connectivity index (χ4v) is 1.25. The van der Waals surface area contributed by atoms with Crippen molar-refractivity contribution in [3.63, 3.8) is 0 Å². The van der Waals surface area contributed by atoms with Crippen LogP contribution >= 0.6 is 15.9 Å². The van der Waals surface area contributed by atoms with E-state index >= 15 is 0 Å². The first-order valence-corrected chi connectivity index (χ1v) is 5.46. The molecule has 0 saturated carbocycles. The van der Waals surface area contributed by atoms with Gasteiger partial charge in [0.05, 0.1) is 18.9 Å². The summed E-state index contributed by atoms with van der Waals surface area (Å²) in [5, 5.41) is 18.7. The van der Waals surface area contributed by atoms with Crippen LogP contribution in [0, 0.1) is 0 Å². The Morgan fingerprint density at radius 3 is 3.00 bits per heavy atom. The second-order valence-corrected chi connectivity index (χ2v) is 3.91. The van der Waals surface area contributed by atoms with Gasteiger partial charge >= 0.3 is 0 Å². The molecule has 0 aliphatic carbocycles. The number of aromatic hydroxyl groups is 1. The van der Waals surface area contributed by atoms with Crippen molar-refractivity contribution >= 4 is 22.1 Å². The van der Waals surface area contributed by atoms with Gasteiger partial charge < -0.3 is 10.2 Å². The summed E-state index contributed by atoms with van der Waals surface area (Å²) in [6, 6.07) is 3.18. The molecule has 1 aromatic heterocycles. The van der Waals surface area contributed by atoms with Gasteiger partial charge in [0.2, 0.25) is 0 Å². The van der Waals surface area contributed by atoms with Gasteiger partial charge in [-0.1, -0.05) is 6.92 Å². The van der Waals surface area contributed by atoms with Gasteiger partial charge in [-0.3, -0.25) is 4.99 Å². The summed E-state index contributed by atoms with van der Waals surface area (Å²) in [5.41, 5.74) is 0.396. The molecule has 1 heterocycles. The number of aliphatic hydroxyl groups is 1. The minimum Gasteiger partial charge on any atom is -0.506 e. The van der Waals surface area contributed by atoms with Crippen LogP contribution in [0.5, 0.6) is 5.75 Å². The first-order valence-electron chi connectivity index (χ1n) is 4.67. The summed E-state index contributed by atoms with van der Waals surface area (Å²) in [7, 11) is 0. The maximum atomic E-state index is 9.42. The maximum Gasteiger partial charge on any atom is 0.142 e. The zero-order valence-corrected chi connectivity index (χ0v) is 9.98. The molecule has 1 aromatic rings. The van der Waals surface area contributed by atoms with Gasteiger partial charge in [-0.25, -0.2) is 4.98 Å². The number of aliphatic hydroxyl groups excluding tert-OH is 1. The van der Waals surface area contributed by atoms with E-state index in [1.54, 1.807) is 6.07 Å². The third-order valence-electron chi connectivity index (χ3n) is 1.87. The van der Waals surface area contributed by atoms with E-state index in [9.17, 15) is 10.2 Å². The predicted octanol–water partition coefficient (Wildman–Crippen LogP) is 1.74. The molecule has 0 aliphatic heterocycles. The number of nitrogens with zero attached hydrogens (tertiary/aromatic N) is 2. The number of halogens is 1. The average molecular weight is 273 g/mol. The molecule has 15 heavy (non-hydrogen) atoms. The van der Waals surface area contributed by atoms with Crippen LogP contribution in [-0.4, -0.2) is 34.1 Å². The minimum atomic E-state index is -0.435. The lowest BCUT2D eigenvalue weighted by molar-refractivity contribution is 0.179. The number of aliphatic imine (C=N–C) groups is 1. The van der Waals surface area contributed by atoms with Crippen LogP contribution in [0.4, 0.5) is 0 Å². The topological polar surface area (TPSA) is 65.7 Å². The van der Waals surface area contributed by atoms with Crippen LogP contribution in [0.1, 0.15) is 19.0 Å². The molecule has 82 valence electrons. The summed E-state index contributed by atoms with van der Waals surface area (Å²) in [6.07, 6.45) is 1.68. The fourth-order valence-electron chi connectivity index (χ4n) is 0.928. The van der Waals surface area contributed by atoms with Crippen LogP contribution in [-0.2, 0) is 0 Å². The summed E-state index contributed by atoms with van der Waals surface area (Å²) in [6.45, 7) is 2.21. The van der Waals surface area contributed by atoms with Crippen molar-refractivity contribution in [1.29, 1.82) is 0 Å². The van der Waals surface area contributed by atoms with Gasteiger partial charge in [0.15, 0.2) is 0 Å². The van der Waals surface area contributed by atoms with Crippen LogP contribution < -0.4 is 0 Å². The van der Waals surface area contributed by atoms with E-state index < -0.39 is 6.10 Å². The highest BCUT2D eigenvalue weighted by Crippen LogP contribution is 2.15. The highest BCUT2D eigenvalue weighted by atomic mass is 79.9. The molecule has 1 atom stereocenters. The van der Waals surface area contributed by atoms with Gasteiger partial charge in [-0.05, 0) is 34.5 Å². The van der Waals surface area contributed by atoms with Gasteiger partial charge in [-0.2, -0.15) is 0 Å². The molecule has 0 spiro atoms. The van der Waals surface area contributed by atoms with Crippen LogP contribution in [0.25, 0.3) is 0 Å². The van der Waals surface area contributed by atoms with E-state index in [2.05, 4.69) is 25.9 Å². The minimum absolute atomic E-state index is 0.0768. The smallest absolute Gasteiger partial charge is 0.142 e. The zero-order chi connectivity index (χ0) is 11.3. The molecule has 0 aliphatic rings. The summed E-state index contributed by atoms with van der Waals surface area (Å²) in [5.74, 6) is 0.0768. The fraction of sp³-hybridized carbons (Fsp3) is 0.400. The molecular weight excluding hydrogens is 260 g/mol. The molecule has 5 heteroatoms. The molecular formula is C10H13BrN2O2. The quantitative estimate of drug-likeness (QED) is 0.648. The highest BCUT2D eigenvalue weighted by molar-refractivity contribution is 9.10. The number of hydrogen-bond donors (Lipinski definition) is 2. The second kappa shape index (κ2) is 5.82. The molecule has 0 fully saturated rings. The normalized spacial score (nSPS) is 13.3. The van der Waals surface area contributed by atoms with E-state index in [0.717, 1.165) is 0 Å². The van der Waals surface area contributed by atoms with Gasteiger partial charge in [0, 0.05) is 0 Å². The Bertz CT molecular complexity index is 355. The molecule has 0 saturated heterocycles. The number of rotatable bonds is 4. The zero-order valence-electron chi connectivity index (χ0n) is 8.39. The van der Waals surface area contributed by atoms with Crippen LogP contribution in [0.15, 0.2) is 21.7 Å². The van der Waals surface area contributed by atoms with Crippen LogP contribution in [0.2, 0.25) is 0 Å². The van der Waals surface area contributed by atoms with Crippen molar-refractivity contribution in [2.75, 3.05) is 6.54 Å². The predicted molar refractivity (Wildman–Crippen MR) is 62.4 cm³/mol. The molecule has 0 aromatic carbocycles. The third kappa shape index (κ3) is 3.97. The summed E-state index contributed by atoms with van der Waals surface area (Å²) < 4.78 is 0.637. The lowest BCUT2D eigenvalue weighted by Gasteiger charge is -2.02. The maximum absolute atomic E-state index is 9.42. The van der Waals surface area contributed by atoms with Crippen molar-refractivity contribution in [2.45, 2.75) is 19.4 Å². The van der Waals surface area contributed by atoms with E-state index in [1.165, 1.54) is 12.3 Å². The highest BCUT2D eigenvalue weighted by Gasteiger charge is 2.01. The van der Waals surface area contributed by atoms with E-state index in [-0.39, 0.29) is 5.75 Å². The molecule has 2 N–H and O–H groups in total. The monoisotopic (exact) mass is 272 g/mol. The van der Waals surface area contributed by atoms with Crippen molar-refractivity contribution < 1.29 is 10.2 Å². The Hall–Kier alpha value is -0.940. The summed E-state index contributed by atoms with van der Waals surface area (Å²) in [4.78, 5) is 8.03. The Balaban J connectivity index is 2.67. The van der Waals surface area contributed by atoms with Crippen molar-refractivity contribution in [3.05, 3.63) is 22.4 Å². The van der Waals surface area contributed by atoms with E-state index in [1.807, 2.05) is 6.92 Å². The van der Waals surface area contributed by atoms with E-state index in [0.29, 0.717) is 23.3 Å². The van der Waals surface area contributed by atoms with Gasteiger partial charge in [0.1, 0.15) is 16.0 Å². The lowest BCUT2D eigenvalue weighted by Crippen LogP contribution is -2.08. The number of aromatic nitrogens is 1. The molecule has 0 unspecified atom stereocenters.